The monoisotopic (exact) mass is 351 g/mol. The number of benzene rings is 3. The van der Waals surface area contributed by atoms with Crippen LogP contribution in [0.4, 0.5) is 5.69 Å². The molecule has 128 valence electrons. The van der Waals surface area contributed by atoms with Gasteiger partial charge in [0.15, 0.2) is 5.36 Å². The molecule has 0 amide bonds. The lowest BCUT2D eigenvalue weighted by atomic mass is 10.1. The molecule has 0 atom stereocenters. The summed E-state index contributed by atoms with van der Waals surface area (Å²) in [4.78, 5) is 37.6. The molecule has 1 aromatic heterocycles. The van der Waals surface area contributed by atoms with Gasteiger partial charge in [0.1, 0.15) is 5.82 Å². The largest absolute Gasteiger partial charge is 0.338 e. The number of aromatic nitrogens is 2. The number of imidazole rings is 1. The van der Waals surface area contributed by atoms with E-state index in [0.29, 0.717) is 22.3 Å². The Morgan fingerprint density at radius 3 is 2.11 bits per heavy atom. The van der Waals surface area contributed by atoms with Crippen molar-refractivity contribution in [1.82, 2.24) is 9.97 Å². The molecular formula is C22H13N3O2. The Kier molecular flexibility index (Phi) is 3.33. The van der Waals surface area contributed by atoms with E-state index in [4.69, 9.17) is 0 Å². The Morgan fingerprint density at radius 1 is 0.741 bits per heavy atom. The second-order valence-electron chi connectivity index (χ2n) is 6.28. The zero-order valence-corrected chi connectivity index (χ0v) is 14.1. The second kappa shape index (κ2) is 5.85. The topological polar surface area (TPSA) is 75.2 Å². The number of H-pyrrole nitrogens is 1. The fourth-order valence-corrected chi connectivity index (χ4v) is 3.31. The van der Waals surface area contributed by atoms with Crippen molar-refractivity contribution in [3.63, 3.8) is 0 Å². The summed E-state index contributed by atoms with van der Waals surface area (Å²) in [5.74, 6) is 0.645. The first kappa shape index (κ1) is 15.4. The number of hydrogen-bond donors (Lipinski definition) is 1. The summed E-state index contributed by atoms with van der Waals surface area (Å²) >= 11 is 0. The summed E-state index contributed by atoms with van der Waals surface area (Å²) in [5, 5.41) is 0.754. The molecule has 0 aliphatic rings. The van der Waals surface area contributed by atoms with E-state index in [1.807, 2.05) is 42.5 Å². The number of nitrogens with zero attached hydrogens (tertiary/aromatic N) is 2. The van der Waals surface area contributed by atoms with E-state index >= 15 is 0 Å². The van der Waals surface area contributed by atoms with Crippen molar-refractivity contribution in [2.24, 2.45) is 4.99 Å². The minimum Gasteiger partial charge on any atom is -0.338 e. The Hall–Kier alpha value is -3.86. The van der Waals surface area contributed by atoms with Crippen LogP contribution in [0, 0.1) is 0 Å². The number of aromatic amines is 1. The van der Waals surface area contributed by atoms with Crippen molar-refractivity contribution in [2.75, 3.05) is 0 Å². The van der Waals surface area contributed by atoms with Crippen molar-refractivity contribution >= 4 is 27.5 Å². The van der Waals surface area contributed by atoms with Crippen molar-refractivity contribution in [3.8, 4) is 11.4 Å². The van der Waals surface area contributed by atoms with Crippen LogP contribution < -0.4 is 16.2 Å². The zero-order valence-electron chi connectivity index (χ0n) is 14.1. The Balaban J connectivity index is 1.78. The molecule has 0 unspecified atom stereocenters. The van der Waals surface area contributed by atoms with Crippen LogP contribution in [0.15, 0.2) is 87.4 Å². The summed E-state index contributed by atoms with van der Waals surface area (Å²) in [5.41, 5.74) is 2.34. The first-order valence-electron chi connectivity index (χ1n) is 8.53. The van der Waals surface area contributed by atoms with Gasteiger partial charge in [-0.2, -0.15) is 0 Å². The third-order valence-electron chi connectivity index (χ3n) is 4.63. The third kappa shape index (κ3) is 2.40. The van der Waals surface area contributed by atoms with Gasteiger partial charge < -0.3 is 4.98 Å². The van der Waals surface area contributed by atoms with E-state index in [1.165, 1.54) is 0 Å². The Bertz CT molecular complexity index is 1390. The zero-order chi connectivity index (χ0) is 18.4. The molecule has 27 heavy (non-hydrogen) atoms. The normalized spacial score (nSPS) is 11.3. The van der Waals surface area contributed by atoms with E-state index < -0.39 is 0 Å². The summed E-state index contributed by atoms with van der Waals surface area (Å²) in [7, 11) is 0. The molecule has 0 spiro atoms. The molecule has 5 heteroatoms. The highest BCUT2D eigenvalue weighted by molar-refractivity contribution is 5.84. The minimum absolute atomic E-state index is 0.0558. The number of nitrogens with one attached hydrogen (secondary N) is 1. The van der Waals surface area contributed by atoms with Crippen LogP contribution in [0.2, 0.25) is 0 Å². The molecule has 1 N–H and O–H groups in total. The van der Waals surface area contributed by atoms with Crippen LogP contribution in [0.1, 0.15) is 0 Å². The highest BCUT2D eigenvalue weighted by atomic mass is 16.1. The van der Waals surface area contributed by atoms with Crippen LogP contribution in [0.5, 0.6) is 0 Å². The predicted molar refractivity (Wildman–Crippen MR) is 106 cm³/mol. The van der Waals surface area contributed by atoms with Gasteiger partial charge in [0, 0.05) is 16.3 Å². The molecule has 0 saturated heterocycles. The molecule has 0 bridgehead atoms. The van der Waals surface area contributed by atoms with Gasteiger partial charge in [-0.3, -0.25) is 9.59 Å². The lowest BCUT2D eigenvalue weighted by molar-refractivity contribution is 1.28. The van der Waals surface area contributed by atoms with Gasteiger partial charge in [-0.05, 0) is 24.3 Å². The van der Waals surface area contributed by atoms with E-state index in [9.17, 15) is 9.59 Å². The van der Waals surface area contributed by atoms with Gasteiger partial charge in [0.25, 0.3) is 0 Å². The molecule has 1 heterocycles. The highest BCUT2D eigenvalue weighted by Crippen LogP contribution is 2.29. The van der Waals surface area contributed by atoms with Crippen molar-refractivity contribution in [1.29, 1.82) is 0 Å². The molecule has 0 saturated carbocycles. The van der Waals surface area contributed by atoms with Gasteiger partial charge >= 0.3 is 0 Å². The first-order valence-corrected chi connectivity index (χ1v) is 8.53. The maximum absolute atomic E-state index is 12.6. The van der Waals surface area contributed by atoms with Crippen molar-refractivity contribution < 1.29 is 0 Å². The van der Waals surface area contributed by atoms with Gasteiger partial charge in [0.05, 0.1) is 16.7 Å². The van der Waals surface area contributed by atoms with E-state index in [-0.39, 0.29) is 16.2 Å². The van der Waals surface area contributed by atoms with Crippen LogP contribution in [-0.2, 0) is 0 Å². The fourth-order valence-electron chi connectivity index (χ4n) is 3.31. The lowest BCUT2D eigenvalue weighted by Gasteiger charge is -2.01. The van der Waals surface area contributed by atoms with Crippen molar-refractivity contribution in [2.45, 2.75) is 0 Å². The van der Waals surface area contributed by atoms with Crippen LogP contribution in [0.25, 0.3) is 33.2 Å². The molecule has 5 rings (SSSR count). The smallest absolute Gasteiger partial charge is 0.216 e. The number of rotatable bonds is 2. The first-order chi connectivity index (χ1) is 13.2. The average Bonchev–Trinajstić information content (AvgIpc) is 3.24. The quantitative estimate of drug-likeness (QED) is 0.531. The molecule has 5 nitrogen and oxygen atoms in total. The molecule has 0 aliphatic heterocycles. The highest BCUT2D eigenvalue weighted by Gasteiger charge is 2.13. The maximum atomic E-state index is 12.6. The predicted octanol–water partition coefficient (Wildman–Crippen LogP) is 3.21. The maximum Gasteiger partial charge on any atom is 0.216 e. The summed E-state index contributed by atoms with van der Waals surface area (Å²) in [6, 6.07) is 21.9. The van der Waals surface area contributed by atoms with E-state index in [1.54, 1.807) is 30.3 Å². The summed E-state index contributed by atoms with van der Waals surface area (Å²) in [6.07, 6.45) is 0. The molecule has 4 aromatic carbocycles. The molecule has 0 radical (unpaired) electrons. The number of para-hydroxylation sites is 3. The van der Waals surface area contributed by atoms with Crippen LogP contribution in [0.3, 0.4) is 0 Å². The Morgan fingerprint density at radius 2 is 1.37 bits per heavy atom. The van der Waals surface area contributed by atoms with Gasteiger partial charge in [-0.15, -0.1) is 0 Å². The van der Waals surface area contributed by atoms with Gasteiger partial charge in [-0.25, -0.2) is 9.98 Å². The SMILES string of the molecule is O=c1c(=Nc2ccccc2-c2nc3ccccc3[nH]2)c(=O)c2ccccc12. The van der Waals surface area contributed by atoms with Crippen LogP contribution in [-0.4, -0.2) is 9.97 Å². The fraction of sp³-hybridized carbons (Fsp3) is 0. The van der Waals surface area contributed by atoms with E-state index in [0.717, 1.165) is 16.6 Å². The lowest BCUT2D eigenvalue weighted by Crippen LogP contribution is -2.31. The average molecular weight is 351 g/mol. The third-order valence-corrected chi connectivity index (χ3v) is 4.63. The molecule has 0 aliphatic carbocycles. The van der Waals surface area contributed by atoms with Crippen molar-refractivity contribution in [3.05, 3.63) is 98.6 Å². The second-order valence-corrected chi connectivity index (χ2v) is 6.28. The standard InChI is InChI=1S/C22H13N3O2/c26-20-13-7-1-2-8-14(13)21(27)19(20)23-16-10-4-3-9-15(16)22-24-17-11-5-6-12-18(17)25-22/h1-12H,(H,24,25). The van der Waals surface area contributed by atoms with Gasteiger partial charge in [0.2, 0.25) is 10.9 Å². The molecule has 5 aromatic rings. The Labute approximate surface area is 153 Å². The minimum atomic E-state index is -0.338. The molecular weight excluding hydrogens is 338 g/mol. The van der Waals surface area contributed by atoms with Gasteiger partial charge in [-0.1, -0.05) is 48.5 Å². The summed E-state index contributed by atoms with van der Waals surface area (Å²) < 4.78 is 0. The molecule has 0 fully saturated rings. The number of fused-ring (bicyclic) bond motifs is 2. The summed E-state index contributed by atoms with van der Waals surface area (Å²) in [6.45, 7) is 0. The number of hydrogen-bond acceptors (Lipinski definition) is 4. The van der Waals surface area contributed by atoms with E-state index in [2.05, 4.69) is 15.0 Å². The van der Waals surface area contributed by atoms with Crippen LogP contribution >= 0.6 is 0 Å².